The second-order valence-corrected chi connectivity index (χ2v) is 6.00. The minimum atomic E-state index is -4.43. The van der Waals surface area contributed by atoms with Gasteiger partial charge in [0, 0.05) is 11.6 Å². The second kappa shape index (κ2) is 6.59. The molecule has 0 bridgehead atoms. The van der Waals surface area contributed by atoms with Crippen LogP contribution in [0.15, 0.2) is 54.7 Å². The zero-order valence-corrected chi connectivity index (χ0v) is 14.0. The molecule has 0 unspecified atom stereocenters. The molecule has 0 fully saturated rings. The molecule has 4 rings (SSSR count). The molecule has 0 radical (unpaired) electrons. The van der Waals surface area contributed by atoms with Gasteiger partial charge in [-0.05, 0) is 30.3 Å². The zero-order chi connectivity index (χ0) is 19.9. The molecular weight excluding hydrogens is 379 g/mol. The molecule has 2 N–H and O–H groups in total. The first-order valence-electron chi connectivity index (χ1n) is 8.05. The molecule has 0 aliphatic rings. The number of hydrogen-bond acceptors (Lipinski definition) is 3. The van der Waals surface area contributed by atoms with Crippen LogP contribution in [0.25, 0.3) is 22.4 Å². The lowest BCUT2D eigenvalue weighted by molar-refractivity contribution is -0.137. The summed E-state index contributed by atoms with van der Waals surface area (Å²) in [4.78, 5) is 10.7. The fourth-order valence-electron chi connectivity index (χ4n) is 2.69. The number of aromatic nitrogens is 3. The molecule has 0 amide bonds. The summed E-state index contributed by atoms with van der Waals surface area (Å²) in [5.74, 6) is -0.942. The molecular formula is C19H11F5N4. The van der Waals surface area contributed by atoms with Crippen LogP contribution in [-0.2, 0) is 6.18 Å². The predicted molar refractivity (Wildman–Crippen MR) is 94.0 cm³/mol. The first-order chi connectivity index (χ1) is 13.3. The van der Waals surface area contributed by atoms with Gasteiger partial charge in [-0.3, -0.25) is 0 Å². The van der Waals surface area contributed by atoms with Crippen LogP contribution in [0.1, 0.15) is 5.56 Å². The number of alkyl halides is 3. The highest BCUT2D eigenvalue weighted by molar-refractivity contribution is 5.84. The van der Waals surface area contributed by atoms with Crippen molar-refractivity contribution in [2.75, 3.05) is 5.32 Å². The number of imidazole rings is 1. The number of benzene rings is 2. The van der Waals surface area contributed by atoms with E-state index < -0.39 is 23.5 Å². The Balaban J connectivity index is 1.66. The predicted octanol–water partition coefficient (Wildman–Crippen LogP) is 5.67. The van der Waals surface area contributed by atoms with E-state index in [0.717, 1.165) is 18.2 Å². The zero-order valence-electron chi connectivity index (χ0n) is 14.0. The molecule has 2 aromatic heterocycles. The van der Waals surface area contributed by atoms with E-state index in [1.165, 1.54) is 36.5 Å². The topological polar surface area (TPSA) is 53.6 Å². The third-order valence-electron chi connectivity index (χ3n) is 4.06. The van der Waals surface area contributed by atoms with Crippen molar-refractivity contribution >= 4 is 22.4 Å². The number of rotatable bonds is 3. The van der Waals surface area contributed by atoms with Gasteiger partial charge in [-0.25, -0.2) is 14.4 Å². The number of nitrogens with one attached hydrogen (secondary N) is 2. The number of fused-ring (bicyclic) bond motifs is 1. The Kier molecular flexibility index (Phi) is 4.21. The maximum Gasteiger partial charge on any atom is 0.416 e. The van der Waals surface area contributed by atoms with Gasteiger partial charge in [0.2, 0.25) is 5.95 Å². The highest BCUT2D eigenvalue weighted by Gasteiger charge is 2.30. The third kappa shape index (κ3) is 3.51. The number of hydrogen-bond donors (Lipinski definition) is 2. The van der Waals surface area contributed by atoms with Crippen LogP contribution in [0.5, 0.6) is 0 Å². The Bertz CT molecular complexity index is 1130. The van der Waals surface area contributed by atoms with Crippen LogP contribution in [0.3, 0.4) is 0 Å². The molecule has 0 spiro atoms. The van der Waals surface area contributed by atoms with Crippen LogP contribution in [0.2, 0.25) is 0 Å². The van der Waals surface area contributed by atoms with E-state index in [0.29, 0.717) is 28.1 Å². The number of pyridine rings is 1. The van der Waals surface area contributed by atoms with E-state index in [2.05, 4.69) is 20.3 Å². The average molecular weight is 390 g/mol. The summed E-state index contributed by atoms with van der Waals surface area (Å²) in [5, 5.41) is 2.79. The molecule has 0 aliphatic carbocycles. The van der Waals surface area contributed by atoms with E-state index in [4.69, 9.17) is 0 Å². The lowest BCUT2D eigenvalue weighted by Crippen LogP contribution is -2.04. The van der Waals surface area contributed by atoms with Crippen LogP contribution in [0.4, 0.5) is 33.3 Å². The molecule has 2 aromatic carbocycles. The molecule has 142 valence electrons. The van der Waals surface area contributed by atoms with Crippen molar-refractivity contribution in [3.8, 4) is 11.4 Å². The number of halogens is 5. The van der Waals surface area contributed by atoms with E-state index in [-0.39, 0.29) is 5.69 Å². The van der Waals surface area contributed by atoms with Gasteiger partial charge in [-0.1, -0.05) is 12.1 Å². The smallest absolute Gasteiger partial charge is 0.352 e. The highest BCUT2D eigenvalue weighted by Crippen LogP contribution is 2.31. The third-order valence-corrected chi connectivity index (χ3v) is 4.06. The van der Waals surface area contributed by atoms with Crippen molar-refractivity contribution in [3.05, 3.63) is 72.1 Å². The molecule has 9 heteroatoms. The van der Waals surface area contributed by atoms with Crippen LogP contribution < -0.4 is 5.32 Å². The first-order valence-corrected chi connectivity index (χ1v) is 8.05. The molecule has 2 heterocycles. The number of H-pyrrole nitrogens is 1. The number of aromatic amines is 1. The number of anilines is 2. The van der Waals surface area contributed by atoms with E-state index in [1.807, 2.05) is 0 Å². The van der Waals surface area contributed by atoms with Gasteiger partial charge < -0.3 is 10.3 Å². The monoisotopic (exact) mass is 390 g/mol. The largest absolute Gasteiger partial charge is 0.416 e. The summed E-state index contributed by atoms with van der Waals surface area (Å²) >= 11 is 0. The molecule has 0 saturated heterocycles. The summed E-state index contributed by atoms with van der Waals surface area (Å²) in [6.07, 6.45) is -3.20. The van der Waals surface area contributed by atoms with Crippen molar-refractivity contribution < 1.29 is 22.0 Å². The fourth-order valence-corrected chi connectivity index (χ4v) is 2.69. The lowest BCUT2D eigenvalue weighted by atomic mass is 10.1. The van der Waals surface area contributed by atoms with Crippen molar-refractivity contribution in [3.63, 3.8) is 0 Å². The van der Waals surface area contributed by atoms with E-state index >= 15 is 0 Å². The molecule has 0 saturated carbocycles. The minimum Gasteiger partial charge on any atom is -0.352 e. The maximum absolute atomic E-state index is 14.3. The Morgan fingerprint density at radius 3 is 2.32 bits per heavy atom. The summed E-state index contributed by atoms with van der Waals surface area (Å²) in [5.41, 5.74) is 0.967. The first kappa shape index (κ1) is 17.9. The van der Waals surface area contributed by atoms with Gasteiger partial charge in [0.1, 0.15) is 11.6 Å². The average Bonchev–Trinajstić information content (AvgIpc) is 3.06. The summed E-state index contributed by atoms with van der Waals surface area (Å²) in [6, 6.07) is 9.70. The standard InChI is InChI=1S/C19H11F5N4/c20-13-7-15-16(8-14(13)26-12-5-6-17(21)25-9-12)28-18(27-15)10-1-3-11(4-2-10)19(22,23)24/h1-9,26H,(H,27,28). The lowest BCUT2D eigenvalue weighted by Gasteiger charge is -2.07. The van der Waals surface area contributed by atoms with E-state index in [1.54, 1.807) is 0 Å². The molecule has 4 nitrogen and oxygen atoms in total. The van der Waals surface area contributed by atoms with Crippen LogP contribution >= 0.6 is 0 Å². The van der Waals surface area contributed by atoms with Gasteiger partial charge in [-0.2, -0.15) is 17.6 Å². The molecule has 4 aromatic rings. The summed E-state index contributed by atoms with van der Waals surface area (Å²) < 4.78 is 65.3. The number of nitrogens with zero attached hydrogens (tertiary/aromatic N) is 2. The van der Waals surface area contributed by atoms with Crippen molar-refractivity contribution in [2.24, 2.45) is 0 Å². The Labute approximate surface area is 155 Å². The highest BCUT2D eigenvalue weighted by atomic mass is 19.4. The van der Waals surface area contributed by atoms with Crippen LogP contribution in [-0.4, -0.2) is 15.0 Å². The minimum absolute atomic E-state index is 0.114. The second-order valence-electron chi connectivity index (χ2n) is 6.00. The normalized spacial score (nSPS) is 11.8. The van der Waals surface area contributed by atoms with Gasteiger partial charge in [-0.15, -0.1) is 0 Å². The van der Waals surface area contributed by atoms with Crippen molar-refractivity contribution in [1.82, 2.24) is 15.0 Å². The van der Waals surface area contributed by atoms with Crippen molar-refractivity contribution in [1.29, 1.82) is 0 Å². The van der Waals surface area contributed by atoms with Gasteiger partial charge in [0.25, 0.3) is 0 Å². The quantitative estimate of drug-likeness (QED) is 0.350. The molecule has 0 atom stereocenters. The van der Waals surface area contributed by atoms with Gasteiger partial charge in [0.15, 0.2) is 0 Å². The SMILES string of the molecule is Fc1ccc(Nc2cc3[nH]c(-c4ccc(C(F)(F)F)cc4)nc3cc2F)cn1. The van der Waals surface area contributed by atoms with Crippen molar-refractivity contribution in [2.45, 2.75) is 6.18 Å². The molecule has 28 heavy (non-hydrogen) atoms. The Hall–Kier alpha value is -3.49. The summed E-state index contributed by atoms with van der Waals surface area (Å²) in [7, 11) is 0. The fraction of sp³-hybridized carbons (Fsp3) is 0.0526. The Morgan fingerprint density at radius 1 is 0.929 bits per heavy atom. The van der Waals surface area contributed by atoms with Crippen LogP contribution in [0, 0.1) is 11.8 Å². The molecule has 0 aliphatic heterocycles. The van der Waals surface area contributed by atoms with Gasteiger partial charge in [0.05, 0.1) is 34.2 Å². The van der Waals surface area contributed by atoms with E-state index in [9.17, 15) is 22.0 Å². The summed E-state index contributed by atoms with van der Waals surface area (Å²) in [6.45, 7) is 0. The maximum atomic E-state index is 14.3. The Morgan fingerprint density at radius 2 is 1.68 bits per heavy atom. The van der Waals surface area contributed by atoms with Gasteiger partial charge >= 0.3 is 6.18 Å².